The first kappa shape index (κ1) is 14.8. The molecule has 0 saturated carbocycles. The SMILES string of the molecule is Cc1cc(NCCC2CCN(C)CC2)ccc1[N+](=O)[O-]. The third-order valence-electron chi connectivity index (χ3n) is 4.11. The average molecular weight is 277 g/mol. The zero-order chi connectivity index (χ0) is 14.5. The lowest BCUT2D eigenvalue weighted by Crippen LogP contribution is -2.30. The molecule has 1 saturated heterocycles. The fraction of sp³-hybridized carbons (Fsp3) is 0.600. The molecule has 1 aliphatic rings. The Bertz CT molecular complexity index is 468. The van der Waals surface area contributed by atoms with E-state index in [9.17, 15) is 10.1 Å². The highest BCUT2D eigenvalue weighted by Gasteiger charge is 2.16. The van der Waals surface area contributed by atoms with Crippen molar-refractivity contribution >= 4 is 11.4 Å². The van der Waals surface area contributed by atoms with E-state index in [2.05, 4.69) is 17.3 Å². The van der Waals surface area contributed by atoms with Crippen molar-refractivity contribution in [2.24, 2.45) is 5.92 Å². The van der Waals surface area contributed by atoms with E-state index in [1.54, 1.807) is 19.1 Å². The summed E-state index contributed by atoms with van der Waals surface area (Å²) in [4.78, 5) is 12.8. The van der Waals surface area contributed by atoms with Crippen LogP contribution in [0.15, 0.2) is 18.2 Å². The molecule has 5 heteroatoms. The summed E-state index contributed by atoms with van der Waals surface area (Å²) in [5.41, 5.74) is 1.87. The Morgan fingerprint density at radius 2 is 2.10 bits per heavy atom. The van der Waals surface area contributed by atoms with Crippen LogP contribution >= 0.6 is 0 Å². The third-order valence-corrected chi connectivity index (χ3v) is 4.11. The minimum absolute atomic E-state index is 0.186. The van der Waals surface area contributed by atoms with Crippen LogP contribution in [0.5, 0.6) is 0 Å². The molecule has 0 aliphatic carbocycles. The first-order valence-electron chi connectivity index (χ1n) is 7.23. The van der Waals surface area contributed by atoms with E-state index in [4.69, 9.17) is 0 Å². The van der Waals surface area contributed by atoms with E-state index in [1.165, 1.54) is 32.4 Å². The number of nitrogens with one attached hydrogen (secondary N) is 1. The summed E-state index contributed by atoms with van der Waals surface area (Å²) in [6.07, 6.45) is 3.72. The number of likely N-dealkylation sites (tertiary alicyclic amines) is 1. The number of piperidine rings is 1. The Labute approximate surface area is 120 Å². The van der Waals surface area contributed by atoms with Gasteiger partial charge in [0.05, 0.1) is 4.92 Å². The molecule has 0 atom stereocenters. The van der Waals surface area contributed by atoms with Crippen molar-refractivity contribution in [3.63, 3.8) is 0 Å². The Kier molecular flexibility index (Phi) is 4.95. The van der Waals surface area contributed by atoms with Crippen LogP contribution in [-0.2, 0) is 0 Å². The van der Waals surface area contributed by atoms with E-state index < -0.39 is 0 Å². The van der Waals surface area contributed by atoms with Crippen molar-refractivity contribution in [2.75, 3.05) is 32.0 Å². The molecular formula is C15H23N3O2. The predicted octanol–water partition coefficient (Wildman–Crippen LogP) is 3.05. The molecule has 0 unspecified atom stereocenters. The standard InChI is InChI=1S/C15H23N3O2/c1-12-11-14(3-4-15(12)18(19)20)16-8-5-13-6-9-17(2)10-7-13/h3-4,11,13,16H,5-10H2,1-2H3. The topological polar surface area (TPSA) is 58.4 Å². The normalized spacial score (nSPS) is 17.1. The fourth-order valence-corrected chi connectivity index (χ4v) is 2.74. The van der Waals surface area contributed by atoms with Crippen LogP contribution in [0.1, 0.15) is 24.8 Å². The number of hydrogen-bond donors (Lipinski definition) is 1. The number of rotatable bonds is 5. The highest BCUT2D eigenvalue weighted by atomic mass is 16.6. The van der Waals surface area contributed by atoms with Crippen molar-refractivity contribution in [3.05, 3.63) is 33.9 Å². The van der Waals surface area contributed by atoms with Gasteiger partial charge in [0, 0.05) is 23.9 Å². The van der Waals surface area contributed by atoms with Crippen LogP contribution in [0.3, 0.4) is 0 Å². The number of nitro groups is 1. The second kappa shape index (κ2) is 6.70. The van der Waals surface area contributed by atoms with Crippen molar-refractivity contribution in [2.45, 2.75) is 26.2 Å². The minimum atomic E-state index is -0.336. The number of nitrogens with zero attached hydrogens (tertiary/aromatic N) is 2. The van der Waals surface area contributed by atoms with Gasteiger partial charge in [-0.1, -0.05) is 0 Å². The molecule has 5 nitrogen and oxygen atoms in total. The second-order valence-corrected chi connectivity index (χ2v) is 5.72. The molecule has 0 radical (unpaired) electrons. The van der Waals surface area contributed by atoms with Crippen LogP contribution in [0.2, 0.25) is 0 Å². The lowest BCUT2D eigenvalue weighted by molar-refractivity contribution is -0.385. The van der Waals surface area contributed by atoms with Crippen molar-refractivity contribution < 1.29 is 4.92 Å². The van der Waals surface area contributed by atoms with Crippen LogP contribution < -0.4 is 5.32 Å². The van der Waals surface area contributed by atoms with Crippen LogP contribution in [0, 0.1) is 23.0 Å². The molecule has 1 fully saturated rings. The first-order valence-corrected chi connectivity index (χ1v) is 7.23. The van der Waals surface area contributed by atoms with Gasteiger partial charge in [-0.2, -0.15) is 0 Å². The summed E-state index contributed by atoms with van der Waals surface area (Å²) >= 11 is 0. The summed E-state index contributed by atoms with van der Waals surface area (Å²) in [6, 6.07) is 5.22. The lowest BCUT2D eigenvalue weighted by Gasteiger charge is -2.29. The van der Waals surface area contributed by atoms with Gasteiger partial charge in [-0.15, -0.1) is 0 Å². The van der Waals surface area contributed by atoms with Crippen molar-refractivity contribution in [3.8, 4) is 0 Å². The quantitative estimate of drug-likeness (QED) is 0.664. The van der Waals surface area contributed by atoms with E-state index in [-0.39, 0.29) is 10.6 Å². The van der Waals surface area contributed by atoms with Gasteiger partial charge in [-0.3, -0.25) is 10.1 Å². The van der Waals surface area contributed by atoms with Gasteiger partial charge in [0.25, 0.3) is 5.69 Å². The van der Waals surface area contributed by atoms with E-state index >= 15 is 0 Å². The monoisotopic (exact) mass is 277 g/mol. The third kappa shape index (κ3) is 3.93. The number of hydrogen-bond acceptors (Lipinski definition) is 4. The Morgan fingerprint density at radius 1 is 1.40 bits per heavy atom. The van der Waals surface area contributed by atoms with Gasteiger partial charge in [0.15, 0.2) is 0 Å². The Balaban J connectivity index is 1.79. The van der Waals surface area contributed by atoms with Crippen molar-refractivity contribution in [1.29, 1.82) is 0 Å². The zero-order valence-electron chi connectivity index (χ0n) is 12.3. The van der Waals surface area contributed by atoms with Gasteiger partial charge < -0.3 is 10.2 Å². The summed E-state index contributed by atoms with van der Waals surface area (Å²) in [5.74, 6) is 0.804. The van der Waals surface area contributed by atoms with E-state index in [0.717, 1.165) is 18.2 Å². The van der Waals surface area contributed by atoms with Gasteiger partial charge in [-0.25, -0.2) is 0 Å². The highest BCUT2D eigenvalue weighted by molar-refractivity contribution is 5.53. The molecule has 1 heterocycles. The maximum atomic E-state index is 10.8. The van der Waals surface area contributed by atoms with Crippen LogP contribution in [-0.4, -0.2) is 36.5 Å². The summed E-state index contributed by atoms with van der Waals surface area (Å²) in [5, 5.41) is 14.1. The van der Waals surface area contributed by atoms with Gasteiger partial charge in [0.2, 0.25) is 0 Å². The molecular weight excluding hydrogens is 254 g/mol. The van der Waals surface area contributed by atoms with Gasteiger partial charge in [0.1, 0.15) is 0 Å². The van der Waals surface area contributed by atoms with Crippen LogP contribution in [0.4, 0.5) is 11.4 Å². The van der Waals surface area contributed by atoms with E-state index in [1.807, 2.05) is 6.07 Å². The summed E-state index contributed by atoms with van der Waals surface area (Å²) in [6.45, 7) is 5.11. The zero-order valence-corrected chi connectivity index (χ0v) is 12.3. The molecule has 0 amide bonds. The molecule has 2 rings (SSSR count). The minimum Gasteiger partial charge on any atom is -0.385 e. The Hall–Kier alpha value is -1.62. The van der Waals surface area contributed by atoms with E-state index in [0.29, 0.717) is 5.56 Å². The average Bonchev–Trinajstić information content (AvgIpc) is 2.41. The number of benzene rings is 1. The molecule has 1 N–H and O–H groups in total. The molecule has 1 aromatic rings. The number of nitro benzene ring substituents is 1. The maximum absolute atomic E-state index is 10.8. The van der Waals surface area contributed by atoms with Crippen LogP contribution in [0.25, 0.3) is 0 Å². The number of aryl methyl sites for hydroxylation is 1. The van der Waals surface area contributed by atoms with Crippen molar-refractivity contribution in [1.82, 2.24) is 4.90 Å². The fourth-order valence-electron chi connectivity index (χ4n) is 2.74. The molecule has 0 spiro atoms. The number of anilines is 1. The molecule has 110 valence electrons. The van der Waals surface area contributed by atoms with Gasteiger partial charge >= 0.3 is 0 Å². The maximum Gasteiger partial charge on any atom is 0.272 e. The first-order chi connectivity index (χ1) is 9.56. The molecule has 1 aliphatic heterocycles. The second-order valence-electron chi connectivity index (χ2n) is 5.72. The lowest BCUT2D eigenvalue weighted by atomic mass is 9.94. The molecule has 1 aromatic carbocycles. The molecule has 20 heavy (non-hydrogen) atoms. The molecule has 0 bridgehead atoms. The molecule has 0 aromatic heterocycles. The van der Waals surface area contributed by atoms with Gasteiger partial charge in [-0.05, 0) is 64.4 Å². The summed E-state index contributed by atoms with van der Waals surface area (Å²) < 4.78 is 0. The largest absolute Gasteiger partial charge is 0.385 e. The highest BCUT2D eigenvalue weighted by Crippen LogP contribution is 2.23. The summed E-state index contributed by atoms with van der Waals surface area (Å²) in [7, 11) is 2.17. The predicted molar refractivity (Wildman–Crippen MR) is 81.2 cm³/mol. The Morgan fingerprint density at radius 3 is 2.70 bits per heavy atom. The smallest absolute Gasteiger partial charge is 0.272 e.